The van der Waals surface area contributed by atoms with Gasteiger partial charge in [0.25, 0.3) is 0 Å². The fourth-order valence-electron chi connectivity index (χ4n) is 3.02. The van der Waals surface area contributed by atoms with E-state index in [4.69, 9.17) is 9.73 Å². The van der Waals surface area contributed by atoms with Crippen LogP contribution in [0.2, 0.25) is 0 Å². The summed E-state index contributed by atoms with van der Waals surface area (Å²) in [5.74, 6) is 0.980. The number of nitrogens with zero attached hydrogens (tertiary/aromatic N) is 1. The molecule has 0 aromatic rings. The van der Waals surface area contributed by atoms with Crippen LogP contribution in [0.3, 0.4) is 0 Å². The van der Waals surface area contributed by atoms with E-state index in [0.29, 0.717) is 5.41 Å². The highest BCUT2D eigenvalue weighted by atomic mass is 16.5. The monoisotopic (exact) mass is 297 g/mol. The molecule has 0 unspecified atom stereocenters. The normalized spacial score (nSPS) is 18.0. The summed E-state index contributed by atoms with van der Waals surface area (Å²) in [6.45, 7) is 11.0. The Morgan fingerprint density at radius 2 is 1.90 bits per heavy atom. The van der Waals surface area contributed by atoms with Gasteiger partial charge in [-0.3, -0.25) is 4.99 Å². The lowest BCUT2D eigenvalue weighted by Gasteiger charge is -2.27. The van der Waals surface area contributed by atoms with Crippen LogP contribution in [0.15, 0.2) is 4.99 Å². The Morgan fingerprint density at radius 3 is 2.52 bits per heavy atom. The third-order valence-corrected chi connectivity index (χ3v) is 4.38. The summed E-state index contributed by atoms with van der Waals surface area (Å²) in [4.78, 5) is 4.86. The molecule has 0 aromatic heterocycles. The molecule has 2 N–H and O–H groups in total. The minimum atomic E-state index is 0.377. The molecule has 0 bridgehead atoms. The highest BCUT2D eigenvalue weighted by molar-refractivity contribution is 5.79. The van der Waals surface area contributed by atoms with E-state index in [1.165, 1.54) is 38.5 Å². The van der Waals surface area contributed by atoms with Crippen molar-refractivity contribution < 1.29 is 4.74 Å². The Labute approximate surface area is 131 Å². The number of hydrogen-bond donors (Lipinski definition) is 2. The van der Waals surface area contributed by atoms with Gasteiger partial charge in [0.15, 0.2) is 5.96 Å². The van der Waals surface area contributed by atoms with Crippen LogP contribution in [0, 0.1) is 5.41 Å². The van der Waals surface area contributed by atoms with E-state index in [0.717, 1.165) is 45.2 Å². The van der Waals surface area contributed by atoms with Crippen LogP contribution < -0.4 is 10.6 Å². The number of nitrogens with one attached hydrogen (secondary N) is 2. The van der Waals surface area contributed by atoms with E-state index in [-0.39, 0.29) is 0 Å². The maximum Gasteiger partial charge on any atom is 0.191 e. The minimum absolute atomic E-state index is 0.377. The van der Waals surface area contributed by atoms with Gasteiger partial charge in [-0.2, -0.15) is 0 Å². The predicted molar refractivity (Wildman–Crippen MR) is 90.9 cm³/mol. The first-order valence-electron chi connectivity index (χ1n) is 8.86. The van der Waals surface area contributed by atoms with Crippen molar-refractivity contribution in [3.8, 4) is 0 Å². The molecule has 0 atom stereocenters. The van der Waals surface area contributed by atoms with E-state index >= 15 is 0 Å². The van der Waals surface area contributed by atoms with Crippen LogP contribution in [0.25, 0.3) is 0 Å². The Bertz CT molecular complexity index is 286. The lowest BCUT2D eigenvalue weighted by Crippen LogP contribution is -2.39. The van der Waals surface area contributed by atoms with E-state index < -0.39 is 0 Å². The zero-order valence-electron chi connectivity index (χ0n) is 14.3. The van der Waals surface area contributed by atoms with Crippen molar-refractivity contribution in [2.45, 2.75) is 65.7 Å². The van der Waals surface area contributed by atoms with Crippen LogP contribution in [-0.2, 0) is 4.74 Å². The average molecular weight is 297 g/mol. The minimum Gasteiger partial charge on any atom is -0.382 e. The third-order valence-electron chi connectivity index (χ3n) is 4.38. The van der Waals surface area contributed by atoms with Gasteiger partial charge >= 0.3 is 0 Å². The van der Waals surface area contributed by atoms with E-state index in [1.807, 2.05) is 0 Å². The third kappa shape index (κ3) is 7.16. The van der Waals surface area contributed by atoms with Crippen molar-refractivity contribution >= 4 is 5.96 Å². The predicted octanol–water partition coefficient (Wildman–Crippen LogP) is 3.33. The molecule has 0 spiro atoms. The van der Waals surface area contributed by atoms with Crippen molar-refractivity contribution in [2.75, 3.05) is 32.8 Å². The number of aliphatic imine (C=N–C) groups is 1. The zero-order valence-corrected chi connectivity index (χ0v) is 14.3. The van der Waals surface area contributed by atoms with Crippen LogP contribution in [-0.4, -0.2) is 38.8 Å². The first kappa shape index (κ1) is 18.3. The van der Waals surface area contributed by atoms with Gasteiger partial charge < -0.3 is 15.4 Å². The molecule has 21 heavy (non-hydrogen) atoms. The fourth-order valence-corrected chi connectivity index (χ4v) is 3.02. The fraction of sp³-hybridized carbons (Fsp3) is 0.941. The number of unbranched alkanes of at least 4 members (excludes halogenated alkanes) is 1. The van der Waals surface area contributed by atoms with Crippen LogP contribution in [0.4, 0.5) is 0 Å². The van der Waals surface area contributed by atoms with Crippen LogP contribution >= 0.6 is 0 Å². The first-order valence-corrected chi connectivity index (χ1v) is 8.86. The number of hydrogen-bond acceptors (Lipinski definition) is 2. The molecule has 0 radical (unpaired) electrons. The van der Waals surface area contributed by atoms with Gasteiger partial charge in [0.05, 0.1) is 0 Å². The van der Waals surface area contributed by atoms with Gasteiger partial charge in [0.2, 0.25) is 0 Å². The van der Waals surface area contributed by atoms with E-state index in [9.17, 15) is 0 Å². The Morgan fingerprint density at radius 1 is 1.14 bits per heavy atom. The van der Waals surface area contributed by atoms with Crippen molar-refractivity contribution in [1.82, 2.24) is 10.6 Å². The van der Waals surface area contributed by atoms with E-state index in [2.05, 4.69) is 31.4 Å². The number of ether oxygens (including phenoxy) is 1. The topological polar surface area (TPSA) is 45.7 Å². The molecule has 4 heteroatoms. The standard InChI is InChI=1S/C17H35N3O/c1-4-7-13-19-16(18-5-2)20-15-17(10-8-9-11-17)12-14-21-6-3/h4-15H2,1-3H3,(H2,18,19,20). The molecule has 1 saturated carbocycles. The first-order chi connectivity index (χ1) is 10.3. The number of rotatable bonds is 10. The van der Waals surface area contributed by atoms with Gasteiger partial charge in [-0.05, 0) is 44.9 Å². The molecule has 0 amide bonds. The summed E-state index contributed by atoms with van der Waals surface area (Å²) in [6.07, 6.45) is 8.86. The molecule has 0 heterocycles. The van der Waals surface area contributed by atoms with Gasteiger partial charge in [-0.1, -0.05) is 26.2 Å². The van der Waals surface area contributed by atoms with Crippen molar-refractivity contribution in [2.24, 2.45) is 10.4 Å². The molecule has 1 rings (SSSR count). The van der Waals surface area contributed by atoms with Crippen molar-refractivity contribution in [1.29, 1.82) is 0 Å². The largest absolute Gasteiger partial charge is 0.382 e. The Balaban J connectivity index is 2.51. The second kappa shape index (κ2) is 10.9. The van der Waals surface area contributed by atoms with E-state index in [1.54, 1.807) is 0 Å². The molecule has 1 aliphatic carbocycles. The lowest BCUT2D eigenvalue weighted by molar-refractivity contribution is 0.107. The summed E-state index contributed by atoms with van der Waals surface area (Å²) in [5, 5.41) is 6.80. The molecule has 0 aliphatic heterocycles. The highest BCUT2D eigenvalue weighted by Gasteiger charge is 2.33. The second-order valence-corrected chi connectivity index (χ2v) is 6.13. The Hall–Kier alpha value is -0.770. The summed E-state index contributed by atoms with van der Waals surface area (Å²) in [5.41, 5.74) is 0.377. The molecule has 4 nitrogen and oxygen atoms in total. The molecule has 124 valence electrons. The highest BCUT2D eigenvalue weighted by Crippen LogP contribution is 2.41. The summed E-state index contributed by atoms with van der Waals surface area (Å²) in [7, 11) is 0. The summed E-state index contributed by atoms with van der Waals surface area (Å²) in [6, 6.07) is 0. The maximum absolute atomic E-state index is 5.57. The molecule has 1 aliphatic rings. The van der Waals surface area contributed by atoms with Gasteiger partial charge in [-0.15, -0.1) is 0 Å². The SMILES string of the molecule is CCCCNC(=NCC1(CCOCC)CCCC1)NCC. The average Bonchev–Trinajstić information content (AvgIpc) is 2.95. The lowest BCUT2D eigenvalue weighted by atomic mass is 9.83. The number of guanidine groups is 1. The van der Waals surface area contributed by atoms with Crippen molar-refractivity contribution in [3.05, 3.63) is 0 Å². The molecule has 0 aromatic carbocycles. The van der Waals surface area contributed by atoms with Crippen molar-refractivity contribution in [3.63, 3.8) is 0 Å². The zero-order chi connectivity index (χ0) is 15.4. The Kier molecular flexibility index (Phi) is 9.48. The van der Waals surface area contributed by atoms with Gasteiger partial charge in [0, 0.05) is 32.8 Å². The quantitative estimate of drug-likeness (QED) is 0.369. The molecule has 0 saturated heterocycles. The summed E-state index contributed by atoms with van der Waals surface area (Å²) >= 11 is 0. The van der Waals surface area contributed by atoms with Gasteiger partial charge in [0.1, 0.15) is 0 Å². The van der Waals surface area contributed by atoms with Crippen LogP contribution in [0.1, 0.15) is 65.7 Å². The van der Waals surface area contributed by atoms with Crippen LogP contribution in [0.5, 0.6) is 0 Å². The second-order valence-electron chi connectivity index (χ2n) is 6.13. The summed E-state index contributed by atoms with van der Waals surface area (Å²) < 4.78 is 5.57. The van der Waals surface area contributed by atoms with Gasteiger partial charge in [-0.25, -0.2) is 0 Å². The molecule has 1 fully saturated rings. The maximum atomic E-state index is 5.57. The molecular weight excluding hydrogens is 262 g/mol. The smallest absolute Gasteiger partial charge is 0.191 e. The molecular formula is C17H35N3O.